The summed E-state index contributed by atoms with van der Waals surface area (Å²) < 4.78 is 2.00. The zero-order chi connectivity index (χ0) is 19.2. The molecule has 2 fully saturated rings. The standard InChI is InChI=1S/C18H26N6O3/c1-11-2-3-12(15(19)27)6-23(11)16-14-17(21-9-20-16)24(10-22-14)13-4-18(5-13,7-25)8-26/h9-13,25-26H,2-8H2,1H3,(H2,19,27). The largest absolute Gasteiger partial charge is 0.396 e. The number of aromatic nitrogens is 4. The lowest BCUT2D eigenvalue weighted by Gasteiger charge is -2.45. The van der Waals surface area contributed by atoms with E-state index in [1.807, 2.05) is 4.57 Å². The summed E-state index contributed by atoms with van der Waals surface area (Å²) in [6.07, 6.45) is 6.33. The van der Waals surface area contributed by atoms with Gasteiger partial charge in [-0.3, -0.25) is 4.79 Å². The number of carbonyl (C=O) groups excluding carboxylic acids is 1. The smallest absolute Gasteiger partial charge is 0.222 e. The predicted molar refractivity (Wildman–Crippen MR) is 98.9 cm³/mol. The van der Waals surface area contributed by atoms with Crippen molar-refractivity contribution in [1.82, 2.24) is 19.5 Å². The molecule has 0 spiro atoms. The van der Waals surface area contributed by atoms with Gasteiger partial charge in [-0.25, -0.2) is 15.0 Å². The number of amides is 1. The van der Waals surface area contributed by atoms with Crippen molar-refractivity contribution in [3.8, 4) is 0 Å². The van der Waals surface area contributed by atoms with E-state index in [1.165, 1.54) is 6.33 Å². The Labute approximate surface area is 157 Å². The van der Waals surface area contributed by atoms with Gasteiger partial charge >= 0.3 is 0 Å². The van der Waals surface area contributed by atoms with Crippen LogP contribution in [0, 0.1) is 11.3 Å². The van der Waals surface area contributed by atoms with Gasteiger partial charge in [0.05, 0.1) is 25.5 Å². The van der Waals surface area contributed by atoms with Gasteiger partial charge in [0.2, 0.25) is 5.91 Å². The fraction of sp³-hybridized carbons (Fsp3) is 0.667. The molecule has 3 heterocycles. The second kappa shape index (κ2) is 6.72. The summed E-state index contributed by atoms with van der Waals surface area (Å²) in [5, 5.41) is 19.0. The Morgan fingerprint density at radius 3 is 2.67 bits per heavy atom. The molecule has 2 aromatic heterocycles. The van der Waals surface area contributed by atoms with Crippen LogP contribution in [0.25, 0.3) is 11.2 Å². The van der Waals surface area contributed by atoms with E-state index in [0.29, 0.717) is 24.9 Å². The predicted octanol–water partition coefficient (Wildman–Crippen LogP) is 0.222. The second-order valence-electron chi connectivity index (χ2n) is 8.08. The Morgan fingerprint density at radius 1 is 1.26 bits per heavy atom. The minimum Gasteiger partial charge on any atom is -0.396 e. The molecule has 4 N–H and O–H groups in total. The van der Waals surface area contributed by atoms with Crippen LogP contribution in [0.15, 0.2) is 12.7 Å². The molecule has 2 atom stereocenters. The van der Waals surface area contributed by atoms with Gasteiger partial charge in [-0.15, -0.1) is 0 Å². The Hall–Kier alpha value is -2.26. The number of fused-ring (bicyclic) bond motifs is 1. The van der Waals surface area contributed by atoms with Crippen LogP contribution in [-0.2, 0) is 4.79 Å². The molecule has 146 valence electrons. The van der Waals surface area contributed by atoms with Gasteiger partial charge in [0.15, 0.2) is 17.0 Å². The van der Waals surface area contributed by atoms with E-state index >= 15 is 0 Å². The second-order valence-corrected chi connectivity index (χ2v) is 8.08. The third-order valence-corrected chi connectivity index (χ3v) is 6.30. The number of imidazole rings is 1. The molecule has 1 amide bonds. The van der Waals surface area contributed by atoms with Crippen LogP contribution >= 0.6 is 0 Å². The molecule has 0 aromatic carbocycles. The molecule has 0 bridgehead atoms. The van der Waals surface area contributed by atoms with Crippen molar-refractivity contribution in [2.24, 2.45) is 17.1 Å². The van der Waals surface area contributed by atoms with E-state index < -0.39 is 5.41 Å². The van der Waals surface area contributed by atoms with E-state index in [9.17, 15) is 15.0 Å². The number of hydrogen-bond donors (Lipinski definition) is 3. The van der Waals surface area contributed by atoms with Crippen molar-refractivity contribution in [3.05, 3.63) is 12.7 Å². The number of nitrogens with two attached hydrogens (primary N) is 1. The van der Waals surface area contributed by atoms with E-state index in [0.717, 1.165) is 24.3 Å². The highest BCUT2D eigenvalue weighted by Gasteiger charge is 2.45. The summed E-state index contributed by atoms with van der Waals surface area (Å²) in [6, 6.07) is 0.387. The molecule has 1 saturated heterocycles. The number of aliphatic hydroxyl groups is 2. The van der Waals surface area contributed by atoms with Crippen molar-refractivity contribution in [2.75, 3.05) is 24.7 Å². The molecule has 9 nitrogen and oxygen atoms in total. The molecule has 2 aromatic rings. The number of primary amides is 1. The van der Waals surface area contributed by atoms with Crippen molar-refractivity contribution in [1.29, 1.82) is 0 Å². The summed E-state index contributed by atoms with van der Waals surface area (Å²) in [6.45, 7) is 2.61. The summed E-state index contributed by atoms with van der Waals surface area (Å²) in [5.41, 5.74) is 6.57. The van der Waals surface area contributed by atoms with Crippen LogP contribution in [0.3, 0.4) is 0 Å². The Kier molecular flexibility index (Phi) is 4.51. The molecule has 1 saturated carbocycles. The molecule has 4 rings (SSSR count). The summed E-state index contributed by atoms with van der Waals surface area (Å²) in [5.74, 6) is 0.267. The normalized spacial score (nSPS) is 25.5. The zero-order valence-electron chi connectivity index (χ0n) is 15.5. The lowest BCUT2D eigenvalue weighted by atomic mass is 9.66. The van der Waals surface area contributed by atoms with Crippen molar-refractivity contribution < 1.29 is 15.0 Å². The zero-order valence-corrected chi connectivity index (χ0v) is 15.5. The summed E-state index contributed by atoms with van der Waals surface area (Å²) in [4.78, 5) is 27.2. The molecule has 2 aliphatic rings. The third-order valence-electron chi connectivity index (χ3n) is 6.30. The summed E-state index contributed by atoms with van der Waals surface area (Å²) >= 11 is 0. The maximum Gasteiger partial charge on any atom is 0.222 e. The van der Waals surface area contributed by atoms with E-state index in [1.54, 1.807) is 6.33 Å². The van der Waals surface area contributed by atoms with Crippen LogP contribution in [0.4, 0.5) is 5.82 Å². The number of piperidine rings is 1. The number of rotatable bonds is 5. The summed E-state index contributed by atoms with van der Waals surface area (Å²) in [7, 11) is 0. The average Bonchev–Trinajstić information content (AvgIpc) is 3.06. The first-order valence-electron chi connectivity index (χ1n) is 9.43. The van der Waals surface area contributed by atoms with Crippen molar-refractivity contribution >= 4 is 22.9 Å². The highest BCUT2D eigenvalue weighted by Crippen LogP contribution is 2.48. The van der Waals surface area contributed by atoms with Crippen molar-refractivity contribution in [2.45, 2.75) is 44.7 Å². The number of carbonyl (C=O) groups is 1. The number of hydrogen-bond acceptors (Lipinski definition) is 7. The molecule has 0 radical (unpaired) electrons. The monoisotopic (exact) mass is 374 g/mol. The molecule has 27 heavy (non-hydrogen) atoms. The first-order valence-corrected chi connectivity index (χ1v) is 9.43. The van der Waals surface area contributed by atoms with E-state index in [2.05, 4.69) is 26.8 Å². The number of anilines is 1. The van der Waals surface area contributed by atoms with Gasteiger partial charge in [-0.05, 0) is 32.6 Å². The number of nitrogens with zero attached hydrogens (tertiary/aromatic N) is 5. The van der Waals surface area contributed by atoms with Gasteiger partial charge in [-0.1, -0.05) is 0 Å². The Morgan fingerprint density at radius 2 is 2.00 bits per heavy atom. The maximum absolute atomic E-state index is 11.7. The van der Waals surface area contributed by atoms with Crippen LogP contribution < -0.4 is 10.6 Å². The van der Waals surface area contributed by atoms with Gasteiger partial charge in [0.1, 0.15) is 6.33 Å². The maximum atomic E-state index is 11.7. The lowest BCUT2D eigenvalue weighted by molar-refractivity contribution is -0.122. The fourth-order valence-corrected chi connectivity index (χ4v) is 4.40. The van der Waals surface area contributed by atoms with E-state index in [-0.39, 0.29) is 37.1 Å². The minimum absolute atomic E-state index is 0.0212. The minimum atomic E-state index is -0.410. The average molecular weight is 374 g/mol. The van der Waals surface area contributed by atoms with Gasteiger partial charge in [0.25, 0.3) is 0 Å². The van der Waals surface area contributed by atoms with Crippen LogP contribution in [0.1, 0.15) is 38.6 Å². The number of aliphatic hydroxyl groups excluding tert-OH is 2. The van der Waals surface area contributed by atoms with E-state index in [4.69, 9.17) is 5.73 Å². The molecular formula is C18H26N6O3. The topological polar surface area (TPSA) is 130 Å². The Balaban J connectivity index is 1.64. The molecule has 2 unspecified atom stereocenters. The van der Waals surface area contributed by atoms with Gasteiger partial charge < -0.3 is 25.4 Å². The Bertz CT molecular complexity index is 841. The highest BCUT2D eigenvalue weighted by molar-refractivity contribution is 5.84. The van der Waals surface area contributed by atoms with Crippen LogP contribution in [-0.4, -0.2) is 61.4 Å². The first-order chi connectivity index (χ1) is 13.0. The van der Waals surface area contributed by atoms with Crippen LogP contribution in [0.5, 0.6) is 0 Å². The fourth-order valence-electron chi connectivity index (χ4n) is 4.40. The third kappa shape index (κ3) is 2.94. The quantitative estimate of drug-likeness (QED) is 0.682. The molecule has 9 heteroatoms. The SMILES string of the molecule is CC1CCC(C(N)=O)CN1c1ncnc2c1ncn2C1CC(CO)(CO)C1. The molecule has 1 aliphatic heterocycles. The van der Waals surface area contributed by atoms with Gasteiger partial charge in [-0.2, -0.15) is 0 Å². The van der Waals surface area contributed by atoms with Crippen LogP contribution in [0.2, 0.25) is 0 Å². The first kappa shape index (κ1) is 18.1. The van der Waals surface area contributed by atoms with Gasteiger partial charge in [0, 0.05) is 24.0 Å². The highest BCUT2D eigenvalue weighted by atomic mass is 16.3. The molecular weight excluding hydrogens is 348 g/mol. The van der Waals surface area contributed by atoms with Crippen molar-refractivity contribution in [3.63, 3.8) is 0 Å². The molecule has 1 aliphatic carbocycles. The lowest BCUT2D eigenvalue weighted by Crippen LogP contribution is -2.46.